The van der Waals surface area contributed by atoms with Crippen LogP contribution in [0, 0.1) is 12.8 Å². The summed E-state index contributed by atoms with van der Waals surface area (Å²) in [6, 6.07) is 2.19. The van der Waals surface area contributed by atoms with Crippen LogP contribution in [0.5, 0.6) is 0 Å². The molecule has 0 aromatic carbocycles. The number of nitrogens with one attached hydrogen (secondary N) is 1. The van der Waals surface area contributed by atoms with E-state index in [1.807, 2.05) is 0 Å². The first-order valence-electron chi connectivity index (χ1n) is 7.36. The van der Waals surface area contributed by atoms with E-state index in [1.165, 1.54) is 37.8 Å². The van der Waals surface area contributed by atoms with Gasteiger partial charge in [-0.15, -0.1) is 0 Å². The van der Waals surface area contributed by atoms with Crippen LogP contribution in [-0.4, -0.2) is 23.1 Å². The highest BCUT2D eigenvalue weighted by Crippen LogP contribution is 2.35. The lowest BCUT2D eigenvalue weighted by Crippen LogP contribution is -2.29. The van der Waals surface area contributed by atoms with Gasteiger partial charge in [0.25, 0.3) is 0 Å². The van der Waals surface area contributed by atoms with Crippen molar-refractivity contribution in [3.8, 4) is 0 Å². The quantitative estimate of drug-likeness (QED) is 0.889. The summed E-state index contributed by atoms with van der Waals surface area (Å²) in [5.74, 6) is 2.59. The van der Waals surface area contributed by atoms with E-state index in [0.717, 1.165) is 42.9 Å². The largest absolute Gasteiger partial charge is 0.317 e. The van der Waals surface area contributed by atoms with E-state index in [9.17, 15) is 0 Å². The summed E-state index contributed by atoms with van der Waals surface area (Å²) in [7, 11) is 0. The van der Waals surface area contributed by atoms with E-state index in [-0.39, 0.29) is 0 Å². The minimum Gasteiger partial charge on any atom is -0.317 e. The molecule has 1 saturated carbocycles. The smallest absolute Gasteiger partial charge is 0.129 e. The normalized spacial score (nSPS) is 21.8. The number of piperidine rings is 1. The Morgan fingerprint density at radius 2 is 1.94 bits per heavy atom. The van der Waals surface area contributed by atoms with Crippen LogP contribution in [0.4, 0.5) is 0 Å². The highest BCUT2D eigenvalue weighted by molar-refractivity contribution is 5.16. The maximum absolute atomic E-state index is 4.82. The Balaban J connectivity index is 1.71. The summed E-state index contributed by atoms with van der Waals surface area (Å²) < 4.78 is 0. The molecule has 2 heterocycles. The van der Waals surface area contributed by atoms with E-state index in [0.29, 0.717) is 0 Å². The lowest BCUT2D eigenvalue weighted by molar-refractivity contribution is 0.364. The van der Waals surface area contributed by atoms with Gasteiger partial charge in [-0.2, -0.15) is 0 Å². The van der Waals surface area contributed by atoms with Crippen molar-refractivity contribution in [2.75, 3.05) is 13.1 Å². The third kappa shape index (κ3) is 2.72. The van der Waals surface area contributed by atoms with Gasteiger partial charge in [0.15, 0.2) is 0 Å². The van der Waals surface area contributed by atoms with Gasteiger partial charge in [-0.05, 0) is 57.7 Å². The number of rotatable bonds is 3. The Labute approximate surface area is 109 Å². The first-order chi connectivity index (χ1) is 8.81. The molecule has 98 valence electrons. The van der Waals surface area contributed by atoms with Crippen molar-refractivity contribution in [1.29, 1.82) is 0 Å². The van der Waals surface area contributed by atoms with Crippen LogP contribution in [0.15, 0.2) is 6.07 Å². The van der Waals surface area contributed by atoms with Gasteiger partial charge in [-0.3, -0.25) is 0 Å². The van der Waals surface area contributed by atoms with Gasteiger partial charge in [0.1, 0.15) is 5.82 Å². The summed E-state index contributed by atoms with van der Waals surface area (Å²) >= 11 is 0. The molecule has 0 radical (unpaired) electrons. The van der Waals surface area contributed by atoms with Gasteiger partial charge in [-0.25, -0.2) is 9.97 Å². The fourth-order valence-electron chi connectivity index (χ4n) is 3.00. The minimum atomic E-state index is 0.721. The van der Waals surface area contributed by atoms with E-state index >= 15 is 0 Å². The molecule has 1 N–H and O–H groups in total. The molecule has 3 nitrogen and oxygen atoms in total. The standard InChI is InChI=1S/C15H23N3/c1-11-9-14(13-3-2-4-13)18-15(17-11)10-12-5-7-16-8-6-12/h9,12-13,16H,2-8,10H2,1H3. The number of aromatic nitrogens is 2. The molecule has 0 amide bonds. The molecule has 1 saturated heterocycles. The summed E-state index contributed by atoms with van der Waals surface area (Å²) in [4.78, 5) is 9.46. The van der Waals surface area contributed by atoms with Crippen LogP contribution >= 0.6 is 0 Å². The molecular formula is C15H23N3. The Hall–Kier alpha value is -0.960. The van der Waals surface area contributed by atoms with Crippen molar-refractivity contribution in [2.24, 2.45) is 5.92 Å². The maximum Gasteiger partial charge on any atom is 0.129 e. The zero-order chi connectivity index (χ0) is 12.4. The van der Waals surface area contributed by atoms with Crippen LogP contribution in [0.25, 0.3) is 0 Å². The molecule has 2 fully saturated rings. The van der Waals surface area contributed by atoms with Gasteiger partial charge >= 0.3 is 0 Å². The molecule has 1 aliphatic heterocycles. The highest BCUT2D eigenvalue weighted by atomic mass is 14.9. The van der Waals surface area contributed by atoms with Crippen LogP contribution in [0.2, 0.25) is 0 Å². The van der Waals surface area contributed by atoms with Gasteiger partial charge in [-0.1, -0.05) is 6.42 Å². The molecule has 0 bridgehead atoms. The third-order valence-electron chi connectivity index (χ3n) is 4.37. The van der Waals surface area contributed by atoms with Crippen molar-refractivity contribution in [3.05, 3.63) is 23.3 Å². The van der Waals surface area contributed by atoms with Crippen molar-refractivity contribution >= 4 is 0 Å². The Morgan fingerprint density at radius 1 is 1.17 bits per heavy atom. The number of hydrogen-bond donors (Lipinski definition) is 1. The van der Waals surface area contributed by atoms with Crippen molar-refractivity contribution in [2.45, 2.75) is 51.4 Å². The average Bonchev–Trinajstić information content (AvgIpc) is 2.27. The second kappa shape index (κ2) is 5.35. The zero-order valence-electron chi connectivity index (χ0n) is 11.3. The summed E-state index contributed by atoms with van der Waals surface area (Å²) in [6.45, 7) is 4.42. The SMILES string of the molecule is Cc1cc(C2CCC2)nc(CC2CCNCC2)n1. The van der Waals surface area contributed by atoms with Crippen molar-refractivity contribution in [3.63, 3.8) is 0 Å². The Kier molecular flexibility index (Phi) is 3.59. The zero-order valence-corrected chi connectivity index (χ0v) is 11.3. The van der Waals surface area contributed by atoms with E-state index in [2.05, 4.69) is 23.3 Å². The first kappa shape index (κ1) is 12.1. The molecule has 0 spiro atoms. The molecule has 1 aliphatic carbocycles. The molecule has 3 heteroatoms. The van der Waals surface area contributed by atoms with E-state index < -0.39 is 0 Å². The number of hydrogen-bond acceptors (Lipinski definition) is 3. The molecule has 1 aromatic heterocycles. The summed E-state index contributed by atoms with van der Waals surface area (Å²) in [5, 5.41) is 3.42. The summed E-state index contributed by atoms with van der Waals surface area (Å²) in [5.41, 5.74) is 2.45. The predicted molar refractivity (Wildman–Crippen MR) is 72.7 cm³/mol. The fourth-order valence-corrected chi connectivity index (χ4v) is 3.00. The fraction of sp³-hybridized carbons (Fsp3) is 0.733. The predicted octanol–water partition coefficient (Wildman–Crippen LogP) is 2.59. The molecule has 1 aromatic rings. The Morgan fingerprint density at radius 3 is 2.61 bits per heavy atom. The topological polar surface area (TPSA) is 37.8 Å². The van der Waals surface area contributed by atoms with Crippen LogP contribution in [0.1, 0.15) is 55.2 Å². The van der Waals surface area contributed by atoms with Crippen LogP contribution < -0.4 is 5.32 Å². The lowest BCUT2D eigenvalue weighted by atomic mass is 9.82. The number of nitrogens with zero attached hydrogens (tertiary/aromatic N) is 2. The third-order valence-corrected chi connectivity index (χ3v) is 4.37. The summed E-state index contributed by atoms with van der Waals surface area (Å²) in [6.07, 6.45) is 7.64. The molecule has 0 atom stereocenters. The van der Waals surface area contributed by atoms with Gasteiger partial charge < -0.3 is 5.32 Å². The van der Waals surface area contributed by atoms with Gasteiger partial charge in [0.2, 0.25) is 0 Å². The monoisotopic (exact) mass is 245 g/mol. The average molecular weight is 245 g/mol. The maximum atomic E-state index is 4.82. The Bertz CT molecular complexity index is 406. The van der Waals surface area contributed by atoms with Crippen LogP contribution in [0.3, 0.4) is 0 Å². The molecule has 2 aliphatic rings. The molecule has 3 rings (SSSR count). The molecular weight excluding hydrogens is 222 g/mol. The van der Waals surface area contributed by atoms with Crippen molar-refractivity contribution < 1.29 is 0 Å². The molecule has 18 heavy (non-hydrogen) atoms. The first-order valence-corrected chi connectivity index (χ1v) is 7.36. The minimum absolute atomic E-state index is 0.721. The second-order valence-corrected chi connectivity index (χ2v) is 5.88. The van der Waals surface area contributed by atoms with Crippen LogP contribution in [-0.2, 0) is 6.42 Å². The second-order valence-electron chi connectivity index (χ2n) is 5.88. The van der Waals surface area contributed by atoms with E-state index in [4.69, 9.17) is 4.98 Å². The number of aryl methyl sites for hydroxylation is 1. The van der Waals surface area contributed by atoms with Gasteiger partial charge in [0.05, 0.1) is 0 Å². The highest BCUT2D eigenvalue weighted by Gasteiger charge is 2.22. The van der Waals surface area contributed by atoms with E-state index in [1.54, 1.807) is 0 Å². The lowest BCUT2D eigenvalue weighted by Gasteiger charge is -2.26. The molecule has 0 unspecified atom stereocenters. The van der Waals surface area contributed by atoms with Crippen molar-refractivity contribution in [1.82, 2.24) is 15.3 Å². The van der Waals surface area contributed by atoms with Gasteiger partial charge in [0, 0.05) is 23.7 Å².